The van der Waals surface area contributed by atoms with Crippen LogP contribution in [0.4, 0.5) is 4.39 Å². The second-order valence-corrected chi connectivity index (χ2v) is 8.90. The fourth-order valence-electron chi connectivity index (χ4n) is 4.43. The molecule has 3 aromatic carbocycles. The van der Waals surface area contributed by atoms with Crippen LogP contribution in [0, 0.1) is 11.7 Å². The molecule has 0 N–H and O–H groups in total. The highest BCUT2D eigenvalue weighted by molar-refractivity contribution is 5.94. The summed E-state index contributed by atoms with van der Waals surface area (Å²) in [6.45, 7) is 2.63. The minimum atomic E-state index is -0.279. The van der Waals surface area contributed by atoms with E-state index in [0.29, 0.717) is 44.2 Å². The second-order valence-electron chi connectivity index (χ2n) is 8.90. The Balaban J connectivity index is 1.24. The van der Waals surface area contributed by atoms with Crippen molar-refractivity contribution in [2.45, 2.75) is 13.0 Å². The van der Waals surface area contributed by atoms with Gasteiger partial charge < -0.3 is 14.4 Å². The lowest BCUT2D eigenvalue weighted by molar-refractivity contribution is 0.0737. The van der Waals surface area contributed by atoms with E-state index in [0.717, 1.165) is 17.4 Å². The molecule has 178 valence electrons. The Morgan fingerprint density at radius 3 is 2.77 bits per heavy atom. The van der Waals surface area contributed by atoms with E-state index in [1.807, 2.05) is 35.4 Å². The van der Waals surface area contributed by atoms with Gasteiger partial charge in [-0.1, -0.05) is 30.3 Å². The second kappa shape index (κ2) is 10.7. The van der Waals surface area contributed by atoms with E-state index in [9.17, 15) is 9.18 Å². The lowest BCUT2D eigenvalue weighted by atomic mass is 9.97. The van der Waals surface area contributed by atoms with E-state index >= 15 is 0 Å². The maximum Gasteiger partial charge on any atom is 0.254 e. The Hall–Kier alpha value is -3.77. The zero-order valence-corrected chi connectivity index (χ0v) is 19.4. The van der Waals surface area contributed by atoms with Gasteiger partial charge in [0.2, 0.25) is 0 Å². The van der Waals surface area contributed by atoms with E-state index in [-0.39, 0.29) is 17.6 Å². The molecule has 1 saturated heterocycles. The van der Waals surface area contributed by atoms with Gasteiger partial charge >= 0.3 is 0 Å². The first kappa shape index (κ1) is 23.0. The molecule has 5 rings (SSSR count). The first-order valence-electron chi connectivity index (χ1n) is 11.8. The van der Waals surface area contributed by atoms with Crippen LogP contribution in [-0.2, 0) is 17.8 Å². The molecule has 0 bridgehead atoms. The third-order valence-electron chi connectivity index (χ3n) is 6.25. The quantitative estimate of drug-likeness (QED) is 0.385. The van der Waals surface area contributed by atoms with E-state index in [4.69, 9.17) is 9.47 Å². The third-order valence-corrected chi connectivity index (χ3v) is 6.25. The number of fused-ring (bicyclic) bond motifs is 1. The summed E-state index contributed by atoms with van der Waals surface area (Å²) in [4.78, 5) is 19.5. The lowest BCUT2D eigenvalue weighted by Gasteiger charge is -2.24. The van der Waals surface area contributed by atoms with Crippen LogP contribution in [0.2, 0.25) is 0 Å². The van der Waals surface area contributed by atoms with Crippen LogP contribution >= 0.6 is 0 Å². The zero-order chi connectivity index (χ0) is 24.0. The number of pyridine rings is 1. The highest BCUT2D eigenvalue weighted by atomic mass is 19.1. The van der Waals surface area contributed by atoms with Crippen molar-refractivity contribution >= 4 is 16.7 Å². The molecule has 2 heterocycles. The molecular formula is C29H27FN2O3. The van der Waals surface area contributed by atoms with Gasteiger partial charge in [-0.3, -0.25) is 9.78 Å². The Bertz CT molecular complexity index is 1310. The van der Waals surface area contributed by atoms with Crippen molar-refractivity contribution in [1.82, 2.24) is 9.88 Å². The van der Waals surface area contributed by atoms with Crippen LogP contribution in [0.25, 0.3) is 10.8 Å². The first-order chi connectivity index (χ1) is 17.1. The smallest absolute Gasteiger partial charge is 0.254 e. The van der Waals surface area contributed by atoms with Gasteiger partial charge in [-0.15, -0.1) is 0 Å². The van der Waals surface area contributed by atoms with Crippen LogP contribution in [0.1, 0.15) is 21.5 Å². The number of carbonyl (C=O) groups excluding carboxylic acids is 1. The number of amides is 1. The van der Waals surface area contributed by atoms with Crippen LogP contribution < -0.4 is 4.74 Å². The van der Waals surface area contributed by atoms with Gasteiger partial charge in [0.25, 0.3) is 5.91 Å². The molecule has 1 fully saturated rings. The fourth-order valence-corrected chi connectivity index (χ4v) is 4.43. The summed E-state index contributed by atoms with van der Waals surface area (Å²) in [5.74, 6) is 0.496. The first-order valence-corrected chi connectivity index (χ1v) is 11.8. The average molecular weight is 471 g/mol. The van der Waals surface area contributed by atoms with Gasteiger partial charge in [-0.25, -0.2) is 4.39 Å². The van der Waals surface area contributed by atoms with Crippen molar-refractivity contribution < 1.29 is 18.7 Å². The molecule has 0 aliphatic carbocycles. The summed E-state index contributed by atoms with van der Waals surface area (Å²) in [6.07, 6.45) is 4.51. The minimum absolute atomic E-state index is 0.0320. The summed E-state index contributed by atoms with van der Waals surface area (Å²) >= 11 is 0. The number of halogens is 1. The van der Waals surface area contributed by atoms with Gasteiger partial charge in [-0.2, -0.15) is 0 Å². The van der Waals surface area contributed by atoms with Crippen molar-refractivity contribution in [2.75, 3.05) is 26.3 Å². The third kappa shape index (κ3) is 5.84. The van der Waals surface area contributed by atoms with Crippen molar-refractivity contribution in [2.24, 2.45) is 5.92 Å². The maximum atomic E-state index is 13.4. The molecule has 0 spiro atoms. The Labute approximate surface area is 204 Å². The topological polar surface area (TPSA) is 51.7 Å². The number of hydrogen-bond acceptors (Lipinski definition) is 4. The number of rotatable bonds is 6. The van der Waals surface area contributed by atoms with Crippen LogP contribution in [-0.4, -0.2) is 42.1 Å². The van der Waals surface area contributed by atoms with Crippen molar-refractivity contribution in [3.63, 3.8) is 0 Å². The number of benzene rings is 3. The molecule has 0 unspecified atom stereocenters. The van der Waals surface area contributed by atoms with Gasteiger partial charge in [0.1, 0.15) is 18.2 Å². The predicted octanol–water partition coefficient (Wildman–Crippen LogP) is 5.28. The summed E-state index contributed by atoms with van der Waals surface area (Å²) in [7, 11) is 0. The summed E-state index contributed by atoms with van der Waals surface area (Å²) < 4.78 is 24.8. The molecule has 4 aromatic rings. The molecule has 6 heteroatoms. The number of ether oxygens (including phenoxy) is 2. The number of nitrogens with zero attached hydrogens (tertiary/aromatic N) is 2. The lowest BCUT2D eigenvalue weighted by Crippen LogP contribution is -2.36. The summed E-state index contributed by atoms with van der Waals surface area (Å²) in [6, 6.07) is 21.8. The van der Waals surface area contributed by atoms with Crippen molar-refractivity contribution in [1.29, 1.82) is 0 Å². The largest absolute Gasteiger partial charge is 0.489 e. The number of carbonyl (C=O) groups is 1. The fraction of sp³-hybridized carbons (Fsp3) is 0.241. The molecule has 0 radical (unpaired) electrons. The molecular weight excluding hydrogens is 443 g/mol. The molecule has 0 saturated carbocycles. The molecule has 1 aliphatic rings. The summed E-state index contributed by atoms with van der Waals surface area (Å²) in [5, 5.41) is 2.28. The molecule has 1 aliphatic heterocycles. The molecule has 1 atom stereocenters. The minimum Gasteiger partial charge on any atom is -0.489 e. The molecule has 35 heavy (non-hydrogen) atoms. The Kier molecular flexibility index (Phi) is 7.00. The standard InChI is InChI=1S/C29H27FN2O3/c30-27-8-5-21(6-9-27)20-35-28-3-1-2-25(16-28)29(33)32-12-13-34-19-23(18-32)14-22-4-7-24-10-11-31-17-26(24)15-22/h1-11,15-17,23H,12-14,18-20H2/t23-/m0/s1. The maximum absolute atomic E-state index is 13.4. The van der Waals surface area contributed by atoms with E-state index in [1.165, 1.54) is 23.1 Å². The molecule has 1 aromatic heterocycles. The highest BCUT2D eigenvalue weighted by Crippen LogP contribution is 2.21. The van der Waals surface area contributed by atoms with Gasteiger partial charge in [0.05, 0.1) is 13.2 Å². The molecule has 5 nitrogen and oxygen atoms in total. The van der Waals surface area contributed by atoms with Crippen LogP contribution in [0.15, 0.2) is 85.2 Å². The van der Waals surface area contributed by atoms with E-state index in [1.54, 1.807) is 24.4 Å². The number of aromatic nitrogens is 1. The van der Waals surface area contributed by atoms with E-state index in [2.05, 4.69) is 23.2 Å². The van der Waals surface area contributed by atoms with Crippen LogP contribution in [0.3, 0.4) is 0 Å². The van der Waals surface area contributed by atoms with Crippen LogP contribution in [0.5, 0.6) is 5.75 Å². The van der Waals surface area contributed by atoms with Crippen molar-refractivity contribution in [3.05, 3.63) is 108 Å². The molecule has 1 amide bonds. The predicted molar refractivity (Wildman–Crippen MR) is 133 cm³/mol. The zero-order valence-electron chi connectivity index (χ0n) is 19.4. The Morgan fingerprint density at radius 1 is 1.03 bits per heavy atom. The number of hydrogen-bond donors (Lipinski definition) is 0. The highest BCUT2D eigenvalue weighted by Gasteiger charge is 2.24. The van der Waals surface area contributed by atoms with Gasteiger partial charge in [0, 0.05) is 42.4 Å². The van der Waals surface area contributed by atoms with Gasteiger partial charge in [-0.05, 0) is 65.4 Å². The normalized spacial score (nSPS) is 16.1. The SMILES string of the molecule is O=C(c1cccc(OCc2ccc(F)cc2)c1)N1CCOC[C@@H](Cc2ccc3ccncc3c2)C1. The summed E-state index contributed by atoms with van der Waals surface area (Å²) in [5.41, 5.74) is 2.66. The van der Waals surface area contributed by atoms with Gasteiger partial charge in [0.15, 0.2) is 0 Å². The van der Waals surface area contributed by atoms with Crippen molar-refractivity contribution in [3.8, 4) is 5.75 Å². The monoisotopic (exact) mass is 470 g/mol. The van der Waals surface area contributed by atoms with E-state index < -0.39 is 0 Å². The average Bonchev–Trinajstić information content (AvgIpc) is 3.13. The Morgan fingerprint density at radius 2 is 1.89 bits per heavy atom.